The van der Waals surface area contributed by atoms with Gasteiger partial charge in [-0.25, -0.2) is 13.8 Å². The number of benzene rings is 1. The lowest BCUT2D eigenvalue weighted by molar-refractivity contribution is -0.116. The summed E-state index contributed by atoms with van der Waals surface area (Å²) in [6.45, 7) is 1.50. The first-order valence-corrected chi connectivity index (χ1v) is 7.33. The predicted octanol–water partition coefficient (Wildman–Crippen LogP) is 3.84. The van der Waals surface area contributed by atoms with Gasteiger partial charge in [-0.3, -0.25) is 9.79 Å². The average Bonchev–Trinajstić information content (AvgIpc) is 2.61. The molecule has 1 N–H and O–H groups in total. The third kappa shape index (κ3) is 2.68. The van der Waals surface area contributed by atoms with Gasteiger partial charge < -0.3 is 5.32 Å². The van der Waals surface area contributed by atoms with Crippen LogP contribution in [-0.2, 0) is 4.79 Å². The highest BCUT2D eigenvalue weighted by atomic mass is 35.5. The molecule has 1 aliphatic rings. The van der Waals surface area contributed by atoms with Gasteiger partial charge in [0.1, 0.15) is 22.8 Å². The van der Waals surface area contributed by atoms with Gasteiger partial charge in [0.15, 0.2) is 0 Å². The van der Waals surface area contributed by atoms with Crippen molar-refractivity contribution in [3.8, 4) is 0 Å². The fraction of sp³-hybridized carbons (Fsp3) is 0.133. The van der Waals surface area contributed by atoms with Crippen molar-refractivity contribution in [1.82, 2.24) is 4.98 Å². The molecule has 1 atom stereocenters. The van der Waals surface area contributed by atoms with E-state index in [0.717, 1.165) is 12.1 Å². The summed E-state index contributed by atoms with van der Waals surface area (Å²) in [7, 11) is 0. The van der Waals surface area contributed by atoms with Gasteiger partial charge in [0.25, 0.3) is 0 Å². The Bertz CT molecular complexity index is 835. The smallest absolute Gasteiger partial charge is 0.248 e. The number of amides is 1. The summed E-state index contributed by atoms with van der Waals surface area (Å²) in [5, 5.41) is 2.48. The average molecular weight is 356 g/mol. The highest BCUT2D eigenvalue weighted by Crippen LogP contribution is 2.34. The van der Waals surface area contributed by atoms with Crippen LogP contribution in [0.1, 0.15) is 18.1 Å². The van der Waals surface area contributed by atoms with Gasteiger partial charge in [0, 0.05) is 5.56 Å². The number of hydrogen-bond donors (Lipinski definition) is 1. The van der Waals surface area contributed by atoms with Crippen molar-refractivity contribution >= 4 is 40.5 Å². The van der Waals surface area contributed by atoms with Crippen molar-refractivity contribution in [3.63, 3.8) is 0 Å². The second-order valence-electron chi connectivity index (χ2n) is 4.89. The highest BCUT2D eigenvalue weighted by molar-refractivity contribution is 6.44. The molecule has 2 aromatic rings. The lowest BCUT2D eigenvalue weighted by atomic mass is 10.0. The Kier molecular flexibility index (Phi) is 4.04. The van der Waals surface area contributed by atoms with Crippen LogP contribution >= 0.6 is 23.2 Å². The maximum absolute atomic E-state index is 14.2. The molecule has 2 heterocycles. The van der Waals surface area contributed by atoms with E-state index in [1.165, 1.54) is 19.2 Å². The molecule has 0 aliphatic carbocycles. The molecule has 1 aromatic carbocycles. The Morgan fingerprint density at radius 1 is 1.17 bits per heavy atom. The molecule has 8 heteroatoms. The van der Waals surface area contributed by atoms with Gasteiger partial charge in [0.05, 0.1) is 28.2 Å². The van der Waals surface area contributed by atoms with Crippen LogP contribution in [0.3, 0.4) is 0 Å². The molecule has 0 bridgehead atoms. The number of carbonyl (C=O) groups excluding carboxylic acids is 1. The van der Waals surface area contributed by atoms with Gasteiger partial charge in [-0.1, -0.05) is 29.3 Å². The predicted molar refractivity (Wildman–Crippen MR) is 84.3 cm³/mol. The number of fused-ring (bicyclic) bond motifs is 1. The number of rotatable bonds is 1. The lowest BCUT2D eigenvalue weighted by Gasteiger charge is -2.13. The number of pyridine rings is 1. The Labute approximate surface area is 140 Å². The largest absolute Gasteiger partial charge is 0.322 e. The van der Waals surface area contributed by atoms with Crippen molar-refractivity contribution in [2.75, 3.05) is 5.32 Å². The minimum atomic E-state index is -0.869. The molecule has 4 nitrogen and oxygen atoms in total. The van der Waals surface area contributed by atoms with Crippen molar-refractivity contribution in [3.05, 3.63) is 57.3 Å². The van der Waals surface area contributed by atoms with E-state index in [9.17, 15) is 13.6 Å². The molecule has 1 amide bonds. The topological polar surface area (TPSA) is 54.4 Å². The summed E-state index contributed by atoms with van der Waals surface area (Å²) in [4.78, 5) is 20.0. The Morgan fingerprint density at radius 2 is 1.83 bits per heavy atom. The highest BCUT2D eigenvalue weighted by Gasteiger charge is 2.29. The zero-order valence-corrected chi connectivity index (χ0v) is 13.2. The second-order valence-corrected chi connectivity index (χ2v) is 5.63. The number of carbonyl (C=O) groups is 1. The Balaban J connectivity index is 2.38. The fourth-order valence-corrected chi connectivity index (χ4v) is 2.64. The molecule has 23 heavy (non-hydrogen) atoms. The van der Waals surface area contributed by atoms with Crippen LogP contribution in [0, 0.1) is 11.6 Å². The number of halogens is 4. The molecule has 0 saturated heterocycles. The Morgan fingerprint density at radius 3 is 2.48 bits per heavy atom. The number of aliphatic imine (C=N–C) groups is 1. The van der Waals surface area contributed by atoms with Crippen molar-refractivity contribution < 1.29 is 13.6 Å². The van der Waals surface area contributed by atoms with E-state index in [0.29, 0.717) is 0 Å². The number of nitrogens with zero attached hydrogens (tertiary/aromatic N) is 2. The van der Waals surface area contributed by atoms with E-state index in [1.54, 1.807) is 0 Å². The third-order valence-corrected chi connectivity index (χ3v) is 4.12. The summed E-state index contributed by atoms with van der Waals surface area (Å²) in [5.41, 5.74) is -0.138. The first kappa shape index (κ1) is 15.8. The minimum Gasteiger partial charge on any atom is -0.322 e. The van der Waals surface area contributed by atoms with Crippen molar-refractivity contribution in [1.29, 1.82) is 0 Å². The lowest BCUT2D eigenvalue weighted by Crippen LogP contribution is -2.22. The maximum Gasteiger partial charge on any atom is 0.248 e. The first-order valence-electron chi connectivity index (χ1n) is 6.57. The summed E-state index contributed by atoms with van der Waals surface area (Å²) < 4.78 is 28.4. The quantitative estimate of drug-likeness (QED) is 0.790. The molecule has 1 aromatic heterocycles. The van der Waals surface area contributed by atoms with Crippen LogP contribution in [0.5, 0.6) is 0 Å². The monoisotopic (exact) mass is 355 g/mol. The number of hydrogen-bond acceptors (Lipinski definition) is 3. The molecule has 0 fully saturated rings. The first-order chi connectivity index (χ1) is 10.9. The van der Waals surface area contributed by atoms with Gasteiger partial charge in [-0.15, -0.1) is 0 Å². The van der Waals surface area contributed by atoms with E-state index in [2.05, 4.69) is 15.3 Å². The van der Waals surface area contributed by atoms with Crippen LogP contribution in [0.15, 0.2) is 29.4 Å². The van der Waals surface area contributed by atoms with E-state index in [1.807, 2.05) is 0 Å². The summed E-state index contributed by atoms with van der Waals surface area (Å²) in [5.74, 6) is -2.08. The zero-order valence-electron chi connectivity index (χ0n) is 11.7. The van der Waals surface area contributed by atoms with E-state index in [4.69, 9.17) is 23.2 Å². The van der Waals surface area contributed by atoms with Gasteiger partial charge in [-0.2, -0.15) is 0 Å². The maximum atomic E-state index is 14.2. The van der Waals surface area contributed by atoms with Gasteiger partial charge in [0.2, 0.25) is 5.91 Å². The van der Waals surface area contributed by atoms with Crippen LogP contribution in [0.25, 0.3) is 0 Å². The van der Waals surface area contributed by atoms with E-state index in [-0.39, 0.29) is 32.7 Å². The molecular weight excluding hydrogens is 347 g/mol. The number of nitrogens with one attached hydrogen (secondary N) is 1. The molecule has 0 unspecified atom stereocenters. The molecule has 0 saturated carbocycles. The van der Waals surface area contributed by atoms with Crippen LogP contribution in [0.2, 0.25) is 10.2 Å². The SMILES string of the molecule is C[C@@H]1N=C(c2c(F)cccc2F)c2c(cnc(Cl)c2Cl)NC1=O. The van der Waals surface area contributed by atoms with Crippen LogP contribution < -0.4 is 5.32 Å². The van der Waals surface area contributed by atoms with E-state index < -0.39 is 23.6 Å². The van der Waals surface area contributed by atoms with Gasteiger partial charge in [-0.05, 0) is 19.1 Å². The molecule has 3 rings (SSSR count). The minimum absolute atomic E-state index is 0.0417. The van der Waals surface area contributed by atoms with Crippen molar-refractivity contribution in [2.45, 2.75) is 13.0 Å². The van der Waals surface area contributed by atoms with E-state index >= 15 is 0 Å². The summed E-state index contributed by atoms with van der Waals surface area (Å²) in [6, 6.07) is 2.57. The van der Waals surface area contributed by atoms with Crippen LogP contribution in [-0.4, -0.2) is 22.6 Å². The Hall–Kier alpha value is -2.05. The molecule has 0 radical (unpaired) electrons. The zero-order chi connectivity index (χ0) is 16.7. The molecule has 0 spiro atoms. The fourth-order valence-electron chi connectivity index (χ4n) is 2.26. The number of anilines is 1. The second kappa shape index (κ2) is 5.86. The molecular formula is C15H9Cl2F2N3O. The normalized spacial score (nSPS) is 17.2. The standard InChI is InChI=1S/C15H9Cl2F2N3O/c1-6-15(23)22-9-5-20-14(17)12(16)11(9)13(21-6)10-7(18)3-2-4-8(10)19/h2-6H,1H3,(H,22,23)/t6-/m0/s1. The third-order valence-electron chi connectivity index (χ3n) is 3.37. The summed E-state index contributed by atoms with van der Waals surface area (Å²) in [6.07, 6.45) is 1.27. The van der Waals surface area contributed by atoms with Crippen LogP contribution in [0.4, 0.5) is 14.5 Å². The molecule has 118 valence electrons. The van der Waals surface area contributed by atoms with Crippen molar-refractivity contribution in [2.24, 2.45) is 4.99 Å². The molecule has 1 aliphatic heterocycles. The number of aromatic nitrogens is 1. The van der Waals surface area contributed by atoms with Gasteiger partial charge >= 0.3 is 0 Å². The summed E-state index contributed by atoms with van der Waals surface area (Å²) >= 11 is 12.1.